The van der Waals surface area contributed by atoms with E-state index in [4.69, 9.17) is 16.7 Å². The molecule has 0 saturated heterocycles. The molecule has 1 aromatic rings. The predicted molar refractivity (Wildman–Crippen MR) is 80.5 cm³/mol. The van der Waals surface area contributed by atoms with Crippen molar-refractivity contribution in [2.75, 3.05) is 13.2 Å². The third kappa shape index (κ3) is 5.32. The zero-order chi connectivity index (χ0) is 16.0. The zero-order valence-corrected chi connectivity index (χ0v) is 12.8. The fourth-order valence-electron chi connectivity index (χ4n) is 1.74. The largest absolute Gasteiger partial charge is 0.396 e. The van der Waals surface area contributed by atoms with Gasteiger partial charge in [-0.15, -0.1) is 0 Å². The Morgan fingerprint density at radius 1 is 1.48 bits per heavy atom. The van der Waals surface area contributed by atoms with Crippen molar-refractivity contribution in [3.05, 3.63) is 38.9 Å². The number of halogens is 1. The van der Waals surface area contributed by atoms with Crippen molar-refractivity contribution in [2.45, 2.75) is 26.7 Å². The number of nitro groups is 1. The summed E-state index contributed by atoms with van der Waals surface area (Å²) in [6.07, 6.45) is 1.46. The van der Waals surface area contributed by atoms with E-state index in [1.807, 2.05) is 13.8 Å². The molecule has 0 heterocycles. The lowest BCUT2D eigenvalue weighted by molar-refractivity contribution is -0.384. The van der Waals surface area contributed by atoms with Crippen LogP contribution in [-0.4, -0.2) is 29.1 Å². The van der Waals surface area contributed by atoms with Gasteiger partial charge in [-0.3, -0.25) is 14.9 Å². The Kier molecular flexibility index (Phi) is 6.11. The summed E-state index contributed by atoms with van der Waals surface area (Å²) in [6, 6.07) is 3.75. The van der Waals surface area contributed by atoms with Crippen LogP contribution >= 0.6 is 11.6 Å². The fraction of sp³-hybridized carbons (Fsp3) is 0.500. The number of rotatable bonds is 7. The van der Waals surface area contributed by atoms with E-state index in [2.05, 4.69) is 5.32 Å². The first-order valence-corrected chi connectivity index (χ1v) is 6.97. The van der Waals surface area contributed by atoms with Crippen molar-refractivity contribution in [1.82, 2.24) is 5.32 Å². The van der Waals surface area contributed by atoms with Gasteiger partial charge in [-0.05, 0) is 24.3 Å². The second-order valence-electron chi connectivity index (χ2n) is 5.60. The average Bonchev–Trinajstić information content (AvgIpc) is 2.43. The monoisotopic (exact) mass is 314 g/mol. The lowest BCUT2D eigenvalue weighted by Gasteiger charge is -2.21. The molecule has 0 aliphatic carbocycles. The van der Waals surface area contributed by atoms with Crippen LogP contribution in [0.15, 0.2) is 18.2 Å². The zero-order valence-electron chi connectivity index (χ0n) is 12.1. The Bertz CT molecular complexity index is 532. The Labute approximate surface area is 128 Å². The van der Waals surface area contributed by atoms with Crippen LogP contribution in [0.3, 0.4) is 0 Å². The molecule has 116 valence electrons. The van der Waals surface area contributed by atoms with E-state index in [-0.39, 0.29) is 28.3 Å². The molecule has 7 heteroatoms. The van der Waals surface area contributed by atoms with Crippen LogP contribution in [-0.2, 0) is 0 Å². The number of non-ortho nitro benzene ring substituents is 1. The molecule has 0 aliphatic rings. The van der Waals surface area contributed by atoms with Gasteiger partial charge in [0.25, 0.3) is 11.6 Å². The van der Waals surface area contributed by atoms with Crippen molar-refractivity contribution >= 4 is 23.2 Å². The summed E-state index contributed by atoms with van der Waals surface area (Å²) < 4.78 is 0. The van der Waals surface area contributed by atoms with Gasteiger partial charge in [0.05, 0.1) is 15.5 Å². The molecule has 1 aromatic carbocycles. The molecular weight excluding hydrogens is 296 g/mol. The van der Waals surface area contributed by atoms with Crippen LogP contribution in [0.2, 0.25) is 5.02 Å². The molecule has 0 unspecified atom stereocenters. The molecule has 0 spiro atoms. The number of nitrogens with zero attached hydrogens (tertiary/aromatic N) is 1. The number of nitrogens with one attached hydrogen (secondary N) is 1. The molecule has 0 aromatic heterocycles. The highest BCUT2D eigenvalue weighted by atomic mass is 35.5. The van der Waals surface area contributed by atoms with Crippen LogP contribution in [0.5, 0.6) is 0 Å². The predicted octanol–water partition coefficient (Wildman–Crippen LogP) is 2.78. The maximum Gasteiger partial charge on any atom is 0.270 e. The molecule has 21 heavy (non-hydrogen) atoms. The highest BCUT2D eigenvalue weighted by Crippen LogP contribution is 2.22. The average molecular weight is 315 g/mol. The Balaban J connectivity index is 2.60. The van der Waals surface area contributed by atoms with Crippen LogP contribution in [0.4, 0.5) is 5.69 Å². The van der Waals surface area contributed by atoms with Crippen molar-refractivity contribution in [3.8, 4) is 0 Å². The summed E-state index contributed by atoms with van der Waals surface area (Å²) in [4.78, 5) is 22.1. The first-order chi connectivity index (χ1) is 9.76. The SMILES string of the molecule is CC(C)(CO)CCCNC(=O)c1cc([N+](=O)[O-])ccc1Cl. The number of benzene rings is 1. The molecule has 6 nitrogen and oxygen atoms in total. The van der Waals surface area contributed by atoms with Gasteiger partial charge in [0.1, 0.15) is 0 Å². The summed E-state index contributed by atoms with van der Waals surface area (Å²) in [5.74, 6) is -0.439. The van der Waals surface area contributed by atoms with Gasteiger partial charge in [-0.1, -0.05) is 25.4 Å². The maximum atomic E-state index is 12.0. The number of carbonyl (C=O) groups is 1. The lowest BCUT2D eigenvalue weighted by atomic mass is 9.89. The maximum absolute atomic E-state index is 12.0. The van der Waals surface area contributed by atoms with Crippen LogP contribution < -0.4 is 5.32 Å². The number of hydrogen-bond donors (Lipinski definition) is 2. The van der Waals surface area contributed by atoms with Crippen molar-refractivity contribution in [3.63, 3.8) is 0 Å². The normalized spacial score (nSPS) is 11.2. The fourth-order valence-corrected chi connectivity index (χ4v) is 1.95. The van der Waals surface area contributed by atoms with Crippen LogP contribution in [0.1, 0.15) is 37.0 Å². The smallest absolute Gasteiger partial charge is 0.270 e. The van der Waals surface area contributed by atoms with Crippen LogP contribution in [0, 0.1) is 15.5 Å². The highest BCUT2D eigenvalue weighted by molar-refractivity contribution is 6.33. The van der Waals surface area contributed by atoms with E-state index in [0.29, 0.717) is 13.0 Å². The lowest BCUT2D eigenvalue weighted by Crippen LogP contribution is -2.26. The highest BCUT2D eigenvalue weighted by Gasteiger charge is 2.17. The molecule has 0 bridgehead atoms. The summed E-state index contributed by atoms with van der Waals surface area (Å²) >= 11 is 5.89. The third-order valence-electron chi connectivity index (χ3n) is 3.15. The van der Waals surface area contributed by atoms with Gasteiger partial charge in [-0.25, -0.2) is 0 Å². The summed E-state index contributed by atoms with van der Waals surface area (Å²) in [5, 5.41) is 22.7. The van der Waals surface area contributed by atoms with E-state index >= 15 is 0 Å². The van der Waals surface area contributed by atoms with Crippen molar-refractivity contribution < 1.29 is 14.8 Å². The van der Waals surface area contributed by atoms with Gasteiger partial charge >= 0.3 is 0 Å². The molecule has 2 N–H and O–H groups in total. The first-order valence-electron chi connectivity index (χ1n) is 6.60. The molecule has 0 radical (unpaired) electrons. The van der Waals surface area contributed by atoms with E-state index in [1.54, 1.807) is 0 Å². The van der Waals surface area contributed by atoms with Gasteiger partial charge < -0.3 is 10.4 Å². The number of carbonyl (C=O) groups excluding carboxylic acids is 1. The number of aliphatic hydroxyl groups is 1. The van der Waals surface area contributed by atoms with E-state index in [9.17, 15) is 14.9 Å². The van der Waals surface area contributed by atoms with E-state index < -0.39 is 10.8 Å². The third-order valence-corrected chi connectivity index (χ3v) is 3.48. The van der Waals surface area contributed by atoms with Gasteiger partial charge in [0.2, 0.25) is 0 Å². The van der Waals surface area contributed by atoms with Crippen LogP contribution in [0.25, 0.3) is 0 Å². The van der Waals surface area contributed by atoms with Crippen molar-refractivity contribution in [2.24, 2.45) is 5.41 Å². The minimum absolute atomic E-state index is 0.0810. The molecule has 0 atom stereocenters. The van der Waals surface area contributed by atoms with Gasteiger partial charge in [0.15, 0.2) is 0 Å². The Hall–Kier alpha value is -1.66. The van der Waals surface area contributed by atoms with E-state index in [0.717, 1.165) is 12.5 Å². The topological polar surface area (TPSA) is 92.5 Å². The second kappa shape index (κ2) is 7.38. The summed E-state index contributed by atoms with van der Waals surface area (Å²) in [5.41, 5.74) is -0.272. The van der Waals surface area contributed by atoms with Gasteiger partial charge in [0, 0.05) is 25.3 Å². The molecule has 1 rings (SSSR count). The number of aliphatic hydroxyl groups excluding tert-OH is 1. The molecule has 0 aliphatic heterocycles. The number of hydrogen-bond acceptors (Lipinski definition) is 4. The quantitative estimate of drug-likeness (QED) is 0.460. The second-order valence-corrected chi connectivity index (χ2v) is 6.01. The Morgan fingerprint density at radius 3 is 2.71 bits per heavy atom. The van der Waals surface area contributed by atoms with Gasteiger partial charge in [-0.2, -0.15) is 0 Å². The number of nitro benzene ring substituents is 1. The molecular formula is C14H19ClN2O4. The molecule has 0 fully saturated rings. The molecule has 0 saturated carbocycles. The standard InChI is InChI=1S/C14H19ClN2O4/c1-14(2,9-18)6-3-7-16-13(19)11-8-10(17(20)21)4-5-12(11)15/h4-5,8,18H,3,6-7,9H2,1-2H3,(H,16,19). The number of amides is 1. The Morgan fingerprint density at radius 2 is 2.14 bits per heavy atom. The van der Waals surface area contributed by atoms with E-state index in [1.165, 1.54) is 12.1 Å². The molecule has 1 amide bonds. The summed E-state index contributed by atoms with van der Waals surface area (Å²) in [6.45, 7) is 4.37. The first kappa shape index (κ1) is 17.4. The van der Waals surface area contributed by atoms with Crippen molar-refractivity contribution in [1.29, 1.82) is 0 Å². The minimum Gasteiger partial charge on any atom is -0.396 e. The minimum atomic E-state index is -0.573. The summed E-state index contributed by atoms with van der Waals surface area (Å²) in [7, 11) is 0.